The van der Waals surface area contributed by atoms with Crippen LogP contribution in [0.2, 0.25) is 0 Å². The van der Waals surface area contributed by atoms with Crippen LogP contribution in [0.5, 0.6) is 0 Å². The van der Waals surface area contributed by atoms with Gasteiger partial charge < -0.3 is 0 Å². The molecule has 0 N–H and O–H groups in total. The summed E-state index contributed by atoms with van der Waals surface area (Å²) in [6.07, 6.45) is 5.38. The van der Waals surface area contributed by atoms with Gasteiger partial charge in [0, 0.05) is 18.0 Å². The van der Waals surface area contributed by atoms with E-state index in [0.29, 0.717) is 0 Å². The zero-order valence-electron chi connectivity index (χ0n) is 8.04. The largest absolute Gasteiger partial charge is 0.261 e. The van der Waals surface area contributed by atoms with Crippen molar-refractivity contribution in [3.63, 3.8) is 0 Å². The topological polar surface area (TPSA) is 30.2 Å². The molecule has 0 aliphatic rings. The molecule has 0 atom stereocenters. The van der Waals surface area contributed by atoms with Crippen LogP contribution in [-0.2, 0) is 0 Å². The lowest BCUT2D eigenvalue weighted by molar-refractivity contribution is 0.950. The van der Waals surface area contributed by atoms with Crippen molar-refractivity contribution in [3.05, 3.63) is 55.0 Å². The maximum absolute atomic E-state index is 4.46. The van der Waals surface area contributed by atoms with Crippen LogP contribution < -0.4 is 0 Å². The Bertz CT molecular complexity index is 551. The van der Waals surface area contributed by atoms with Gasteiger partial charge in [-0.25, -0.2) is 4.52 Å². The summed E-state index contributed by atoms with van der Waals surface area (Å²) < 4.78 is 1.83. The summed E-state index contributed by atoms with van der Waals surface area (Å²) in [7, 11) is 0. The molecule has 0 aliphatic heterocycles. The Labute approximate surface area is 87.0 Å². The molecule has 15 heavy (non-hydrogen) atoms. The highest BCUT2D eigenvalue weighted by molar-refractivity contribution is 5.65. The van der Waals surface area contributed by atoms with Gasteiger partial charge in [0.05, 0.1) is 17.4 Å². The van der Waals surface area contributed by atoms with Crippen LogP contribution in [0.1, 0.15) is 0 Å². The molecule has 0 radical (unpaired) electrons. The Hall–Kier alpha value is -2.16. The maximum atomic E-state index is 4.46. The normalized spacial score (nSPS) is 10.7. The number of aromatic nitrogens is 3. The molecular formula is C12H9N3. The molecule has 0 unspecified atom stereocenters. The molecule has 1 aromatic carbocycles. The number of fused-ring (bicyclic) bond motifs is 1. The molecule has 0 fully saturated rings. The SMILES string of the molecule is c1ccc(-c2cc3cnccn3n2)cc1. The minimum absolute atomic E-state index is 0.976. The van der Waals surface area contributed by atoms with E-state index in [2.05, 4.69) is 22.2 Å². The van der Waals surface area contributed by atoms with Gasteiger partial charge in [0.25, 0.3) is 0 Å². The third kappa shape index (κ3) is 1.38. The summed E-state index contributed by atoms with van der Waals surface area (Å²) >= 11 is 0. The summed E-state index contributed by atoms with van der Waals surface area (Å²) in [5.41, 5.74) is 3.11. The summed E-state index contributed by atoms with van der Waals surface area (Å²) in [4.78, 5) is 4.06. The van der Waals surface area contributed by atoms with Gasteiger partial charge in [0.15, 0.2) is 0 Å². The zero-order chi connectivity index (χ0) is 10.1. The van der Waals surface area contributed by atoms with Crippen molar-refractivity contribution in [2.24, 2.45) is 0 Å². The second-order valence-corrected chi connectivity index (χ2v) is 3.34. The van der Waals surface area contributed by atoms with E-state index in [-0.39, 0.29) is 0 Å². The summed E-state index contributed by atoms with van der Waals surface area (Å²) in [5.74, 6) is 0. The highest BCUT2D eigenvalue weighted by Gasteiger charge is 2.02. The van der Waals surface area contributed by atoms with Gasteiger partial charge in [-0.05, 0) is 6.07 Å². The molecule has 2 aromatic heterocycles. The second kappa shape index (κ2) is 3.20. The van der Waals surface area contributed by atoms with Crippen molar-refractivity contribution >= 4 is 5.52 Å². The van der Waals surface area contributed by atoms with Gasteiger partial charge >= 0.3 is 0 Å². The first-order chi connectivity index (χ1) is 7.43. The van der Waals surface area contributed by atoms with Crippen LogP contribution in [0, 0.1) is 0 Å². The number of hydrogen-bond acceptors (Lipinski definition) is 2. The standard InChI is InChI=1S/C12H9N3/c1-2-4-10(5-3-1)12-8-11-9-13-6-7-15(11)14-12/h1-9H. The number of hydrogen-bond donors (Lipinski definition) is 0. The lowest BCUT2D eigenvalue weighted by Gasteiger charge is -1.92. The molecular weight excluding hydrogens is 186 g/mol. The number of benzene rings is 1. The van der Waals surface area contributed by atoms with E-state index in [1.807, 2.05) is 35.0 Å². The van der Waals surface area contributed by atoms with Crippen molar-refractivity contribution in [2.75, 3.05) is 0 Å². The fourth-order valence-electron chi connectivity index (χ4n) is 1.60. The molecule has 0 amide bonds. The molecule has 0 spiro atoms. The molecule has 0 aliphatic carbocycles. The fourth-order valence-corrected chi connectivity index (χ4v) is 1.60. The van der Waals surface area contributed by atoms with Crippen LogP contribution in [0.25, 0.3) is 16.8 Å². The summed E-state index contributed by atoms with van der Waals surface area (Å²) in [6.45, 7) is 0. The first kappa shape index (κ1) is 8.17. The van der Waals surface area contributed by atoms with Crippen LogP contribution >= 0.6 is 0 Å². The summed E-state index contributed by atoms with van der Waals surface area (Å²) in [6, 6.07) is 12.2. The summed E-state index contributed by atoms with van der Waals surface area (Å²) in [5, 5.41) is 4.46. The molecule has 0 saturated carbocycles. The van der Waals surface area contributed by atoms with Gasteiger partial charge in [0.2, 0.25) is 0 Å². The first-order valence-corrected chi connectivity index (χ1v) is 4.78. The van der Waals surface area contributed by atoms with Crippen molar-refractivity contribution < 1.29 is 0 Å². The average Bonchev–Trinajstić information content (AvgIpc) is 2.74. The molecule has 3 aromatic rings. The van der Waals surface area contributed by atoms with Gasteiger partial charge in [0.1, 0.15) is 0 Å². The van der Waals surface area contributed by atoms with Crippen LogP contribution in [0.15, 0.2) is 55.0 Å². The Morgan fingerprint density at radius 3 is 2.73 bits per heavy atom. The lowest BCUT2D eigenvalue weighted by atomic mass is 10.1. The Morgan fingerprint density at radius 1 is 1.07 bits per heavy atom. The van der Waals surface area contributed by atoms with E-state index in [0.717, 1.165) is 16.8 Å². The minimum atomic E-state index is 0.976. The molecule has 72 valence electrons. The second-order valence-electron chi connectivity index (χ2n) is 3.34. The quantitative estimate of drug-likeness (QED) is 0.596. The van der Waals surface area contributed by atoms with Gasteiger partial charge in [-0.2, -0.15) is 5.10 Å². The molecule has 3 rings (SSSR count). The Kier molecular flexibility index (Phi) is 1.75. The molecule has 0 bridgehead atoms. The van der Waals surface area contributed by atoms with Crippen molar-refractivity contribution in [2.45, 2.75) is 0 Å². The average molecular weight is 195 g/mol. The van der Waals surface area contributed by atoms with Crippen LogP contribution in [0.3, 0.4) is 0 Å². The highest BCUT2D eigenvalue weighted by Crippen LogP contribution is 2.18. The molecule has 3 nitrogen and oxygen atoms in total. The van der Waals surface area contributed by atoms with E-state index in [9.17, 15) is 0 Å². The van der Waals surface area contributed by atoms with Crippen molar-refractivity contribution in [1.82, 2.24) is 14.6 Å². The van der Waals surface area contributed by atoms with E-state index in [1.165, 1.54) is 0 Å². The highest BCUT2D eigenvalue weighted by atomic mass is 15.2. The van der Waals surface area contributed by atoms with E-state index < -0.39 is 0 Å². The lowest BCUT2D eigenvalue weighted by Crippen LogP contribution is -1.86. The number of rotatable bonds is 1. The Morgan fingerprint density at radius 2 is 1.93 bits per heavy atom. The van der Waals surface area contributed by atoms with E-state index in [1.54, 1.807) is 12.4 Å². The molecule has 0 saturated heterocycles. The first-order valence-electron chi connectivity index (χ1n) is 4.78. The van der Waals surface area contributed by atoms with E-state index in [4.69, 9.17) is 0 Å². The molecule has 3 heteroatoms. The van der Waals surface area contributed by atoms with Gasteiger partial charge in [-0.1, -0.05) is 30.3 Å². The fraction of sp³-hybridized carbons (Fsp3) is 0. The van der Waals surface area contributed by atoms with Gasteiger partial charge in [-0.3, -0.25) is 4.98 Å². The Balaban J connectivity index is 2.21. The van der Waals surface area contributed by atoms with Crippen LogP contribution in [-0.4, -0.2) is 14.6 Å². The number of nitrogens with zero attached hydrogens (tertiary/aromatic N) is 3. The monoisotopic (exact) mass is 195 g/mol. The zero-order valence-corrected chi connectivity index (χ0v) is 8.04. The predicted molar refractivity (Wildman–Crippen MR) is 58.4 cm³/mol. The minimum Gasteiger partial charge on any atom is -0.261 e. The van der Waals surface area contributed by atoms with Crippen molar-refractivity contribution in [1.29, 1.82) is 0 Å². The predicted octanol–water partition coefficient (Wildman–Crippen LogP) is 2.40. The van der Waals surface area contributed by atoms with Gasteiger partial charge in [-0.15, -0.1) is 0 Å². The third-order valence-electron chi connectivity index (χ3n) is 2.33. The van der Waals surface area contributed by atoms with Crippen LogP contribution in [0.4, 0.5) is 0 Å². The third-order valence-corrected chi connectivity index (χ3v) is 2.33. The van der Waals surface area contributed by atoms with Crippen molar-refractivity contribution in [3.8, 4) is 11.3 Å². The van der Waals surface area contributed by atoms with E-state index >= 15 is 0 Å². The smallest absolute Gasteiger partial charge is 0.0934 e. The maximum Gasteiger partial charge on any atom is 0.0934 e. The molecule has 2 heterocycles.